The van der Waals surface area contributed by atoms with Crippen LogP contribution in [0.1, 0.15) is 45.0 Å². The van der Waals surface area contributed by atoms with E-state index in [1.165, 1.54) is 0 Å². The van der Waals surface area contributed by atoms with Crippen LogP contribution in [0.15, 0.2) is 90.9 Å². The molecule has 194 valence electrons. The van der Waals surface area contributed by atoms with E-state index in [4.69, 9.17) is 18.9 Å². The van der Waals surface area contributed by atoms with Crippen molar-refractivity contribution in [3.63, 3.8) is 0 Å². The van der Waals surface area contributed by atoms with Gasteiger partial charge in [0, 0.05) is 35.9 Å². The lowest BCUT2D eigenvalue weighted by atomic mass is 9.84. The minimum absolute atomic E-state index is 0.0604. The fourth-order valence-electron chi connectivity index (χ4n) is 5.02. The average Bonchev–Trinajstić information content (AvgIpc) is 3.28. The quantitative estimate of drug-likeness (QED) is 0.174. The van der Waals surface area contributed by atoms with E-state index >= 15 is 0 Å². The summed E-state index contributed by atoms with van der Waals surface area (Å²) in [5, 5.41) is 0. The maximum atomic E-state index is 13.3. The summed E-state index contributed by atoms with van der Waals surface area (Å²) < 4.78 is 23.7. The van der Waals surface area contributed by atoms with Crippen LogP contribution in [0.25, 0.3) is 6.08 Å². The second-order valence-electron chi connectivity index (χ2n) is 9.27. The number of hydrogen-bond acceptors (Lipinski definition) is 7. The number of carbonyl (C=O) groups excluding carboxylic acids is 2. The Morgan fingerprint density at radius 2 is 1.85 bits per heavy atom. The van der Waals surface area contributed by atoms with Gasteiger partial charge in [0.15, 0.2) is 17.3 Å². The number of nitrogens with zero attached hydrogens (tertiary/aromatic N) is 1. The molecule has 7 heteroatoms. The Bertz CT molecular complexity index is 1580. The molecule has 39 heavy (non-hydrogen) atoms. The first-order valence-corrected chi connectivity index (χ1v) is 12.7. The molecule has 0 fully saturated rings. The lowest BCUT2D eigenvalue weighted by Gasteiger charge is -2.28. The Morgan fingerprint density at radius 1 is 0.974 bits per heavy atom. The number of Topliss-reactive ketones (excluding diaryl/α,β-unsaturated/α-hetero) is 1. The lowest BCUT2D eigenvalue weighted by molar-refractivity contribution is -0.135. The van der Waals surface area contributed by atoms with Crippen LogP contribution < -0.4 is 18.9 Å². The second kappa shape index (κ2) is 10.5. The summed E-state index contributed by atoms with van der Waals surface area (Å²) in [7, 11) is 1.58. The van der Waals surface area contributed by atoms with E-state index in [2.05, 4.69) is 4.98 Å². The number of ether oxygens (including phenoxy) is 4. The molecule has 1 aromatic heterocycles. The molecule has 4 aromatic rings. The molecule has 0 radical (unpaired) electrons. The molecule has 0 bridgehead atoms. The highest BCUT2D eigenvalue weighted by Gasteiger charge is 2.39. The van der Waals surface area contributed by atoms with E-state index in [1.807, 2.05) is 54.6 Å². The number of rotatable bonds is 7. The molecule has 0 saturated heterocycles. The van der Waals surface area contributed by atoms with Crippen LogP contribution in [-0.2, 0) is 11.2 Å². The number of carbonyl (C=O) groups is 2. The Kier molecular flexibility index (Phi) is 6.55. The molecule has 0 amide bonds. The van der Waals surface area contributed by atoms with Crippen molar-refractivity contribution in [2.24, 2.45) is 0 Å². The van der Waals surface area contributed by atoms with Crippen LogP contribution in [-0.4, -0.2) is 30.5 Å². The summed E-state index contributed by atoms with van der Waals surface area (Å²) in [5.74, 6) is 0.970. The van der Waals surface area contributed by atoms with Gasteiger partial charge in [0.25, 0.3) is 0 Å². The molecule has 2 aliphatic rings. The number of ketones is 1. The number of fused-ring (bicyclic) bond motifs is 3. The molecule has 0 aliphatic carbocycles. The minimum atomic E-state index is -0.469. The van der Waals surface area contributed by atoms with E-state index in [1.54, 1.807) is 43.8 Å². The van der Waals surface area contributed by atoms with Crippen LogP contribution in [0.3, 0.4) is 0 Å². The Hall–Kier alpha value is -4.91. The smallest absolute Gasteiger partial charge is 0.312 e. The Labute approximate surface area is 225 Å². The molecular weight excluding hydrogens is 494 g/mol. The molecule has 1 unspecified atom stereocenters. The van der Waals surface area contributed by atoms with Crippen LogP contribution >= 0.6 is 0 Å². The summed E-state index contributed by atoms with van der Waals surface area (Å²) in [5.41, 5.74) is 3.71. The molecule has 2 aliphatic heterocycles. The van der Waals surface area contributed by atoms with E-state index in [0.29, 0.717) is 47.2 Å². The van der Waals surface area contributed by atoms with E-state index < -0.39 is 5.92 Å². The van der Waals surface area contributed by atoms with Crippen LogP contribution in [0.4, 0.5) is 0 Å². The maximum Gasteiger partial charge on any atom is 0.312 e. The van der Waals surface area contributed by atoms with Gasteiger partial charge in [0.05, 0.1) is 25.7 Å². The van der Waals surface area contributed by atoms with Gasteiger partial charge < -0.3 is 18.9 Å². The predicted octanol–water partition coefficient (Wildman–Crippen LogP) is 5.77. The Morgan fingerprint density at radius 3 is 2.64 bits per heavy atom. The molecular formula is C32H25NO6. The van der Waals surface area contributed by atoms with Gasteiger partial charge in [-0.1, -0.05) is 48.5 Å². The van der Waals surface area contributed by atoms with Gasteiger partial charge in [0.2, 0.25) is 5.78 Å². The SMILES string of the molecule is COc1cccc(C2CC(=O)Oc3ccc4c(c32)OC(=Cc2cccnc2)C4=O)c1OCCc1ccccc1. The van der Waals surface area contributed by atoms with Crippen molar-refractivity contribution in [3.05, 3.63) is 119 Å². The monoisotopic (exact) mass is 519 g/mol. The van der Waals surface area contributed by atoms with Gasteiger partial charge in [-0.15, -0.1) is 0 Å². The molecule has 0 spiro atoms. The predicted molar refractivity (Wildman–Crippen MR) is 144 cm³/mol. The number of allylic oxidation sites excluding steroid dienone is 1. The lowest BCUT2D eigenvalue weighted by Crippen LogP contribution is -2.22. The van der Waals surface area contributed by atoms with Gasteiger partial charge in [-0.3, -0.25) is 14.6 Å². The van der Waals surface area contributed by atoms with Gasteiger partial charge in [-0.2, -0.15) is 0 Å². The topological polar surface area (TPSA) is 84.0 Å². The largest absolute Gasteiger partial charge is 0.493 e. The summed E-state index contributed by atoms with van der Waals surface area (Å²) in [4.78, 5) is 30.1. The van der Waals surface area contributed by atoms with Gasteiger partial charge in [0.1, 0.15) is 11.5 Å². The summed E-state index contributed by atoms with van der Waals surface area (Å²) in [6.45, 7) is 0.418. The number of para-hydroxylation sites is 1. The van der Waals surface area contributed by atoms with Crippen molar-refractivity contribution in [1.29, 1.82) is 0 Å². The van der Waals surface area contributed by atoms with Crippen LogP contribution in [0, 0.1) is 0 Å². The average molecular weight is 520 g/mol. The van der Waals surface area contributed by atoms with E-state index in [0.717, 1.165) is 16.7 Å². The van der Waals surface area contributed by atoms with Crippen LogP contribution in [0.2, 0.25) is 0 Å². The first kappa shape index (κ1) is 24.4. The summed E-state index contributed by atoms with van der Waals surface area (Å²) >= 11 is 0. The van der Waals surface area contributed by atoms with Crippen molar-refractivity contribution in [1.82, 2.24) is 4.98 Å². The number of methoxy groups -OCH3 is 1. The first-order chi connectivity index (χ1) is 19.1. The van der Waals surface area contributed by atoms with Crippen LogP contribution in [0.5, 0.6) is 23.0 Å². The third-order valence-electron chi connectivity index (χ3n) is 6.85. The Balaban J connectivity index is 1.39. The van der Waals surface area contributed by atoms with E-state index in [9.17, 15) is 9.59 Å². The molecule has 7 nitrogen and oxygen atoms in total. The third-order valence-corrected chi connectivity index (χ3v) is 6.85. The first-order valence-electron chi connectivity index (χ1n) is 12.7. The van der Waals surface area contributed by atoms with Crippen molar-refractivity contribution < 1.29 is 28.5 Å². The fourth-order valence-corrected chi connectivity index (χ4v) is 5.02. The summed E-state index contributed by atoms with van der Waals surface area (Å²) in [6.07, 6.45) is 5.75. The molecule has 3 heterocycles. The minimum Gasteiger partial charge on any atom is -0.493 e. The zero-order chi connectivity index (χ0) is 26.8. The number of hydrogen-bond donors (Lipinski definition) is 0. The van der Waals surface area contributed by atoms with Crippen molar-refractivity contribution in [2.45, 2.75) is 18.8 Å². The second-order valence-corrected chi connectivity index (χ2v) is 9.27. The molecule has 3 aromatic carbocycles. The van der Waals surface area contributed by atoms with Gasteiger partial charge >= 0.3 is 5.97 Å². The van der Waals surface area contributed by atoms with E-state index in [-0.39, 0.29) is 23.9 Å². The highest BCUT2D eigenvalue weighted by atomic mass is 16.5. The molecule has 1 atom stereocenters. The highest BCUT2D eigenvalue weighted by Crippen LogP contribution is 2.51. The van der Waals surface area contributed by atoms with Gasteiger partial charge in [-0.05, 0) is 41.5 Å². The zero-order valence-electron chi connectivity index (χ0n) is 21.3. The van der Waals surface area contributed by atoms with Gasteiger partial charge in [-0.25, -0.2) is 0 Å². The number of esters is 1. The van der Waals surface area contributed by atoms with Crippen molar-refractivity contribution in [3.8, 4) is 23.0 Å². The summed E-state index contributed by atoms with van der Waals surface area (Å²) in [6, 6.07) is 22.6. The molecule has 6 rings (SSSR count). The third kappa shape index (κ3) is 4.75. The maximum absolute atomic E-state index is 13.3. The molecule has 0 saturated carbocycles. The van der Waals surface area contributed by atoms with Crippen molar-refractivity contribution >= 4 is 17.8 Å². The number of benzene rings is 3. The normalized spacial score (nSPS) is 16.7. The number of aromatic nitrogens is 1. The standard InChI is InChI=1S/C32H25NO6/c1-36-26-11-5-10-22(31(26)37-16-14-20-7-3-2-4-8-20)24-18-28(34)38-25-13-12-23-30(35)27(39-32(23)29(24)25)17-21-9-6-15-33-19-21/h2-13,15,17,19,24H,14,16,18H2,1H3. The number of pyridine rings is 1. The highest BCUT2D eigenvalue weighted by molar-refractivity contribution is 6.15. The zero-order valence-corrected chi connectivity index (χ0v) is 21.3. The molecule has 0 N–H and O–H groups in total. The fraction of sp³-hybridized carbons (Fsp3) is 0.156. The van der Waals surface area contributed by atoms with Crippen molar-refractivity contribution in [2.75, 3.05) is 13.7 Å².